The number of aliphatic carboxylic acids is 2. The molecule has 0 bridgehead atoms. The third-order valence-corrected chi connectivity index (χ3v) is 4.12. The van der Waals surface area contributed by atoms with Gasteiger partial charge in [0.2, 0.25) is 5.91 Å². The van der Waals surface area contributed by atoms with E-state index in [1.807, 2.05) is 50.1 Å². The molecule has 0 spiro atoms. The van der Waals surface area contributed by atoms with Crippen molar-refractivity contribution in [1.29, 1.82) is 0 Å². The monoisotopic (exact) mass is 416 g/mol. The van der Waals surface area contributed by atoms with Crippen LogP contribution in [0.15, 0.2) is 36.4 Å². The minimum Gasteiger partial charge on any atom is -0.497 e. The highest BCUT2D eigenvalue weighted by atomic mass is 16.5. The molecule has 0 aliphatic carbocycles. The van der Waals surface area contributed by atoms with Crippen LogP contribution < -0.4 is 10.1 Å². The predicted octanol–water partition coefficient (Wildman–Crippen LogP) is 2.85. The first kappa shape index (κ1) is 24.6. The van der Waals surface area contributed by atoms with E-state index in [-0.39, 0.29) is 5.91 Å². The number of benzene rings is 2. The summed E-state index contributed by atoms with van der Waals surface area (Å²) >= 11 is 0. The summed E-state index contributed by atoms with van der Waals surface area (Å²) in [7, 11) is 3.59. The lowest BCUT2D eigenvalue weighted by atomic mass is 10.1. The van der Waals surface area contributed by atoms with Crippen LogP contribution in [0.2, 0.25) is 0 Å². The van der Waals surface area contributed by atoms with Crippen molar-refractivity contribution >= 4 is 23.5 Å². The lowest BCUT2D eigenvalue weighted by Gasteiger charge is -2.18. The fourth-order valence-corrected chi connectivity index (χ4v) is 2.94. The van der Waals surface area contributed by atoms with Crippen molar-refractivity contribution in [3.63, 3.8) is 0 Å². The van der Waals surface area contributed by atoms with E-state index in [4.69, 9.17) is 24.5 Å². The Morgan fingerprint density at radius 3 is 2.07 bits per heavy atom. The third-order valence-electron chi connectivity index (χ3n) is 4.12. The molecule has 0 atom stereocenters. The number of hydrogen-bond donors (Lipinski definition) is 3. The minimum absolute atomic E-state index is 0.00421. The molecular formula is C22H28N2O6. The van der Waals surface area contributed by atoms with Gasteiger partial charge in [0.1, 0.15) is 5.75 Å². The number of nitrogens with zero attached hydrogens (tertiary/aromatic N) is 1. The number of carbonyl (C=O) groups excluding carboxylic acids is 1. The summed E-state index contributed by atoms with van der Waals surface area (Å²) in [6.07, 6.45) is 0. The highest BCUT2D eigenvalue weighted by Crippen LogP contribution is 2.22. The number of carbonyl (C=O) groups is 3. The third kappa shape index (κ3) is 8.32. The Morgan fingerprint density at radius 2 is 1.57 bits per heavy atom. The van der Waals surface area contributed by atoms with E-state index in [0.717, 1.165) is 28.1 Å². The maximum atomic E-state index is 12.3. The topological polar surface area (TPSA) is 116 Å². The maximum absolute atomic E-state index is 12.3. The number of hydrogen-bond acceptors (Lipinski definition) is 5. The van der Waals surface area contributed by atoms with E-state index in [1.54, 1.807) is 7.11 Å². The van der Waals surface area contributed by atoms with Gasteiger partial charge in [-0.2, -0.15) is 0 Å². The number of amides is 1. The average Bonchev–Trinajstić information content (AvgIpc) is 2.65. The van der Waals surface area contributed by atoms with Crippen LogP contribution in [0.1, 0.15) is 22.3 Å². The van der Waals surface area contributed by atoms with E-state index in [2.05, 4.69) is 24.4 Å². The van der Waals surface area contributed by atoms with E-state index in [0.29, 0.717) is 13.1 Å². The largest absolute Gasteiger partial charge is 0.497 e. The number of anilines is 1. The van der Waals surface area contributed by atoms with E-state index >= 15 is 0 Å². The number of likely N-dealkylation sites (N-methyl/N-ethyl adjacent to an activating group) is 1. The summed E-state index contributed by atoms with van der Waals surface area (Å²) in [5.74, 6) is -2.82. The highest BCUT2D eigenvalue weighted by molar-refractivity contribution is 6.27. The fourth-order valence-electron chi connectivity index (χ4n) is 2.94. The smallest absolute Gasteiger partial charge is 0.414 e. The second-order valence-electron chi connectivity index (χ2n) is 6.96. The Hall–Kier alpha value is -3.39. The molecule has 2 aromatic carbocycles. The summed E-state index contributed by atoms with van der Waals surface area (Å²) in [5.41, 5.74) is 5.43. The predicted molar refractivity (Wildman–Crippen MR) is 114 cm³/mol. The van der Waals surface area contributed by atoms with Crippen LogP contribution in [0.25, 0.3) is 0 Å². The molecule has 0 radical (unpaired) electrons. The average molecular weight is 416 g/mol. The normalized spacial score (nSPS) is 10.1. The number of carboxylic acid groups (broad SMARTS) is 2. The summed E-state index contributed by atoms with van der Waals surface area (Å²) in [6.45, 7) is 7.14. The molecule has 1 amide bonds. The summed E-state index contributed by atoms with van der Waals surface area (Å²) in [6, 6.07) is 12.1. The van der Waals surface area contributed by atoms with Gasteiger partial charge in [0.25, 0.3) is 0 Å². The molecule has 0 aliphatic heterocycles. The Morgan fingerprint density at radius 1 is 1.00 bits per heavy atom. The van der Waals surface area contributed by atoms with Crippen LogP contribution in [0.5, 0.6) is 5.75 Å². The summed E-state index contributed by atoms with van der Waals surface area (Å²) < 4.78 is 5.23. The molecular weight excluding hydrogens is 388 g/mol. The van der Waals surface area contributed by atoms with Crippen LogP contribution in [0.3, 0.4) is 0 Å². The standard InChI is InChI=1S/C20H26N2O2.C2H2O4/c1-14-9-15(2)20(16(3)10-14)21-19(23)13-22(4)12-17-7-6-8-18(11-17)24-5;3-1(4)2(5)6/h6-11H,12-13H2,1-5H3,(H,21,23);(H,3,4)(H,5,6). The molecule has 2 rings (SSSR count). The molecule has 8 nitrogen and oxygen atoms in total. The maximum Gasteiger partial charge on any atom is 0.414 e. The van der Waals surface area contributed by atoms with Crippen LogP contribution in [0, 0.1) is 20.8 Å². The van der Waals surface area contributed by atoms with Crippen molar-refractivity contribution in [2.75, 3.05) is 26.0 Å². The first-order valence-electron chi connectivity index (χ1n) is 9.18. The molecule has 8 heteroatoms. The number of nitrogens with one attached hydrogen (secondary N) is 1. The molecule has 0 saturated heterocycles. The summed E-state index contributed by atoms with van der Waals surface area (Å²) in [5, 5.41) is 17.8. The van der Waals surface area contributed by atoms with Gasteiger partial charge in [-0.3, -0.25) is 9.69 Å². The van der Waals surface area contributed by atoms with Gasteiger partial charge in [-0.25, -0.2) is 9.59 Å². The number of ether oxygens (including phenoxy) is 1. The van der Waals surface area contributed by atoms with Crippen molar-refractivity contribution in [2.45, 2.75) is 27.3 Å². The lowest BCUT2D eigenvalue weighted by molar-refractivity contribution is -0.159. The molecule has 0 unspecified atom stereocenters. The number of rotatable bonds is 6. The van der Waals surface area contributed by atoms with Crippen molar-refractivity contribution in [3.05, 3.63) is 58.7 Å². The SMILES string of the molecule is COc1cccc(CN(C)CC(=O)Nc2c(C)cc(C)cc2C)c1.O=C(O)C(=O)O. The van der Waals surface area contributed by atoms with Crippen LogP contribution in [0.4, 0.5) is 5.69 Å². The van der Waals surface area contributed by atoms with Gasteiger partial charge in [-0.15, -0.1) is 0 Å². The molecule has 3 N–H and O–H groups in total. The Kier molecular flexibility index (Phi) is 9.51. The Labute approximate surface area is 176 Å². The molecule has 162 valence electrons. The second-order valence-corrected chi connectivity index (χ2v) is 6.96. The van der Waals surface area contributed by atoms with Crippen molar-refractivity contribution in [2.24, 2.45) is 0 Å². The zero-order valence-electron chi connectivity index (χ0n) is 17.9. The Balaban J connectivity index is 0.000000656. The highest BCUT2D eigenvalue weighted by Gasteiger charge is 2.11. The molecule has 0 saturated carbocycles. The van der Waals surface area contributed by atoms with E-state index < -0.39 is 11.9 Å². The van der Waals surface area contributed by atoms with Gasteiger partial charge in [0.05, 0.1) is 13.7 Å². The van der Waals surface area contributed by atoms with Crippen molar-refractivity contribution in [1.82, 2.24) is 4.90 Å². The molecule has 0 aliphatic rings. The van der Waals surface area contributed by atoms with Crippen molar-refractivity contribution < 1.29 is 29.3 Å². The van der Waals surface area contributed by atoms with Gasteiger partial charge < -0.3 is 20.3 Å². The van der Waals surface area contributed by atoms with Crippen LogP contribution >= 0.6 is 0 Å². The first-order valence-corrected chi connectivity index (χ1v) is 9.18. The molecule has 0 aromatic heterocycles. The molecule has 30 heavy (non-hydrogen) atoms. The van der Waals surface area contributed by atoms with Gasteiger partial charge in [0, 0.05) is 12.2 Å². The van der Waals surface area contributed by atoms with Gasteiger partial charge in [-0.1, -0.05) is 29.8 Å². The number of aryl methyl sites for hydroxylation is 3. The Bertz CT molecular complexity index is 875. The zero-order valence-corrected chi connectivity index (χ0v) is 17.9. The number of carboxylic acids is 2. The van der Waals surface area contributed by atoms with E-state index in [1.165, 1.54) is 5.56 Å². The molecule has 0 heterocycles. The van der Waals surface area contributed by atoms with Crippen LogP contribution in [-0.2, 0) is 20.9 Å². The molecule has 0 fully saturated rings. The minimum atomic E-state index is -1.82. The van der Waals surface area contributed by atoms with Gasteiger partial charge >= 0.3 is 11.9 Å². The number of methoxy groups -OCH3 is 1. The van der Waals surface area contributed by atoms with E-state index in [9.17, 15) is 4.79 Å². The zero-order chi connectivity index (χ0) is 22.8. The second kappa shape index (κ2) is 11.6. The van der Waals surface area contributed by atoms with Crippen molar-refractivity contribution in [3.8, 4) is 5.75 Å². The first-order chi connectivity index (χ1) is 14.0. The van der Waals surface area contributed by atoms with Gasteiger partial charge in [-0.05, 0) is 56.6 Å². The molecule has 2 aromatic rings. The fraction of sp³-hybridized carbons (Fsp3) is 0.318. The summed E-state index contributed by atoms with van der Waals surface area (Å²) in [4.78, 5) is 32.5. The van der Waals surface area contributed by atoms with Gasteiger partial charge in [0.15, 0.2) is 0 Å². The quantitative estimate of drug-likeness (QED) is 0.620. The van der Waals surface area contributed by atoms with Crippen LogP contribution in [-0.4, -0.2) is 53.7 Å². The lowest BCUT2D eigenvalue weighted by Crippen LogP contribution is -2.30.